The molecule has 0 aromatic rings. The largest absolute Gasteiger partial charge is 0.481 e. The molecule has 1 heterocycles. The van der Waals surface area contributed by atoms with Gasteiger partial charge in [0.2, 0.25) is 0 Å². The van der Waals surface area contributed by atoms with E-state index in [1.54, 1.807) is 0 Å². The molecule has 16 heavy (non-hydrogen) atoms. The minimum absolute atomic E-state index is 0.313. The summed E-state index contributed by atoms with van der Waals surface area (Å²) in [5.41, 5.74) is -0.267. The normalized spacial score (nSPS) is 21.2. The summed E-state index contributed by atoms with van der Waals surface area (Å²) >= 11 is 0. The lowest BCUT2D eigenvalue weighted by Crippen LogP contribution is -2.39. The van der Waals surface area contributed by atoms with Crippen molar-refractivity contribution in [1.82, 2.24) is 4.90 Å². The summed E-state index contributed by atoms with van der Waals surface area (Å²) in [5, 5.41) is 9.02. The van der Waals surface area contributed by atoms with Gasteiger partial charge in [0.25, 0.3) is 0 Å². The molecule has 0 radical (unpaired) electrons. The second kappa shape index (κ2) is 4.74. The predicted octanol–water partition coefficient (Wildman–Crippen LogP) is 2.75. The van der Waals surface area contributed by atoms with Crippen LogP contribution in [0.15, 0.2) is 0 Å². The number of rotatable bonds is 5. The van der Waals surface area contributed by atoms with E-state index in [-0.39, 0.29) is 0 Å². The zero-order chi connectivity index (χ0) is 12.4. The molecule has 3 nitrogen and oxygen atoms in total. The number of carboxylic acids is 1. The van der Waals surface area contributed by atoms with Gasteiger partial charge < -0.3 is 5.11 Å². The van der Waals surface area contributed by atoms with Gasteiger partial charge in [0.15, 0.2) is 0 Å². The van der Waals surface area contributed by atoms with Gasteiger partial charge in [-0.05, 0) is 66.5 Å². The first-order chi connectivity index (χ1) is 7.26. The van der Waals surface area contributed by atoms with E-state index in [2.05, 4.69) is 18.7 Å². The van der Waals surface area contributed by atoms with Crippen molar-refractivity contribution in [2.24, 2.45) is 5.41 Å². The SMILES string of the molecule is CC(C)(CCCN1CCCC1(C)C)C(=O)O. The summed E-state index contributed by atoms with van der Waals surface area (Å²) in [7, 11) is 0. The van der Waals surface area contributed by atoms with Gasteiger partial charge in [-0.25, -0.2) is 0 Å². The number of carboxylic acid groups (broad SMARTS) is 1. The third-order valence-corrected chi connectivity index (χ3v) is 3.88. The summed E-state index contributed by atoms with van der Waals surface area (Å²) < 4.78 is 0. The Hall–Kier alpha value is -0.570. The van der Waals surface area contributed by atoms with Crippen LogP contribution >= 0.6 is 0 Å². The Labute approximate surface area is 98.8 Å². The molecule has 0 amide bonds. The fourth-order valence-electron chi connectivity index (χ4n) is 2.40. The number of hydrogen-bond donors (Lipinski definition) is 1. The Bertz CT molecular complexity index is 259. The lowest BCUT2D eigenvalue weighted by Gasteiger charge is -2.32. The monoisotopic (exact) mass is 227 g/mol. The summed E-state index contributed by atoms with van der Waals surface area (Å²) in [6.45, 7) is 10.4. The number of carbonyl (C=O) groups is 1. The van der Waals surface area contributed by atoms with Crippen LogP contribution in [0.2, 0.25) is 0 Å². The highest BCUT2D eigenvalue weighted by atomic mass is 16.4. The van der Waals surface area contributed by atoms with Crippen molar-refractivity contribution in [3.05, 3.63) is 0 Å². The summed E-state index contributed by atoms with van der Waals surface area (Å²) in [5.74, 6) is -0.687. The molecule has 0 aromatic carbocycles. The van der Waals surface area contributed by atoms with Gasteiger partial charge in [-0.1, -0.05) is 0 Å². The minimum Gasteiger partial charge on any atom is -0.481 e. The maximum Gasteiger partial charge on any atom is 0.309 e. The van der Waals surface area contributed by atoms with Crippen LogP contribution in [-0.2, 0) is 4.79 Å². The Morgan fingerprint density at radius 1 is 1.44 bits per heavy atom. The summed E-state index contributed by atoms with van der Waals surface area (Å²) in [6, 6.07) is 0. The Morgan fingerprint density at radius 2 is 2.06 bits per heavy atom. The third kappa shape index (κ3) is 3.21. The second-order valence-corrected chi connectivity index (χ2v) is 6.20. The van der Waals surface area contributed by atoms with Crippen LogP contribution in [0.3, 0.4) is 0 Å². The molecule has 1 saturated heterocycles. The van der Waals surface area contributed by atoms with E-state index in [0.29, 0.717) is 5.54 Å². The summed E-state index contributed by atoms with van der Waals surface area (Å²) in [6.07, 6.45) is 4.27. The van der Waals surface area contributed by atoms with Crippen molar-refractivity contribution < 1.29 is 9.90 Å². The maximum atomic E-state index is 11.0. The lowest BCUT2D eigenvalue weighted by atomic mass is 9.88. The molecule has 0 unspecified atom stereocenters. The lowest BCUT2D eigenvalue weighted by molar-refractivity contribution is -0.147. The molecule has 0 atom stereocenters. The Morgan fingerprint density at radius 3 is 2.50 bits per heavy atom. The first-order valence-corrected chi connectivity index (χ1v) is 6.24. The molecule has 1 fully saturated rings. The van der Waals surface area contributed by atoms with Crippen molar-refractivity contribution in [3.63, 3.8) is 0 Å². The standard InChI is InChI=1S/C13H25NO2/c1-12(2,11(15)16)7-5-9-14-10-6-8-13(14,3)4/h5-10H2,1-4H3,(H,15,16). The molecule has 1 aliphatic heterocycles. The van der Waals surface area contributed by atoms with Gasteiger partial charge in [-0.15, -0.1) is 0 Å². The molecule has 0 bridgehead atoms. The van der Waals surface area contributed by atoms with Gasteiger partial charge >= 0.3 is 5.97 Å². The number of aliphatic carboxylic acids is 1. The smallest absolute Gasteiger partial charge is 0.309 e. The zero-order valence-corrected chi connectivity index (χ0v) is 11.0. The van der Waals surface area contributed by atoms with Crippen LogP contribution in [0.25, 0.3) is 0 Å². The van der Waals surface area contributed by atoms with Crippen LogP contribution < -0.4 is 0 Å². The highest BCUT2D eigenvalue weighted by Gasteiger charge is 2.32. The van der Waals surface area contributed by atoms with Crippen molar-refractivity contribution in [3.8, 4) is 0 Å². The number of nitrogens with zero attached hydrogens (tertiary/aromatic N) is 1. The van der Waals surface area contributed by atoms with Gasteiger partial charge in [0.05, 0.1) is 5.41 Å². The van der Waals surface area contributed by atoms with Gasteiger partial charge in [-0.2, -0.15) is 0 Å². The first-order valence-electron chi connectivity index (χ1n) is 6.24. The maximum absolute atomic E-state index is 11.0. The molecule has 1 aliphatic rings. The van der Waals surface area contributed by atoms with E-state index in [4.69, 9.17) is 5.11 Å². The predicted molar refractivity (Wildman–Crippen MR) is 65.5 cm³/mol. The quantitative estimate of drug-likeness (QED) is 0.785. The topological polar surface area (TPSA) is 40.5 Å². The van der Waals surface area contributed by atoms with Crippen molar-refractivity contribution >= 4 is 5.97 Å². The molecular weight excluding hydrogens is 202 g/mol. The van der Waals surface area contributed by atoms with E-state index < -0.39 is 11.4 Å². The summed E-state index contributed by atoms with van der Waals surface area (Å²) in [4.78, 5) is 13.5. The Balaban J connectivity index is 2.34. The van der Waals surface area contributed by atoms with E-state index in [0.717, 1.165) is 19.4 Å². The van der Waals surface area contributed by atoms with Crippen LogP contribution in [-0.4, -0.2) is 34.6 Å². The molecule has 0 aliphatic carbocycles. The fraction of sp³-hybridized carbons (Fsp3) is 0.923. The Kier molecular flexibility index (Phi) is 4.00. The fourth-order valence-corrected chi connectivity index (χ4v) is 2.40. The molecule has 1 rings (SSSR count). The van der Waals surface area contributed by atoms with Crippen LogP contribution in [0.5, 0.6) is 0 Å². The number of likely N-dealkylation sites (tertiary alicyclic amines) is 1. The molecule has 94 valence electrons. The molecule has 0 saturated carbocycles. The first kappa shape index (κ1) is 13.5. The van der Waals surface area contributed by atoms with Crippen LogP contribution in [0.4, 0.5) is 0 Å². The van der Waals surface area contributed by atoms with E-state index >= 15 is 0 Å². The van der Waals surface area contributed by atoms with Gasteiger partial charge in [-0.3, -0.25) is 9.69 Å². The van der Waals surface area contributed by atoms with Crippen molar-refractivity contribution in [1.29, 1.82) is 0 Å². The highest BCUT2D eigenvalue weighted by Crippen LogP contribution is 2.29. The van der Waals surface area contributed by atoms with Crippen molar-refractivity contribution in [2.75, 3.05) is 13.1 Å². The minimum atomic E-state index is -0.687. The van der Waals surface area contributed by atoms with Gasteiger partial charge in [0.1, 0.15) is 0 Å². The molecule has 3 heteroatoms. The highest BCUT2D eigenvalue weighted by molar-refractivity contribution is 5.73. The van der Waals surface area contributed by atoms with E-state index in [1.807, 2.05) is 13.8 Å². The second-order valence-electron chi connectivity index (χ2n) is 6.20. The van der Waals surface area contributed by atoms with E-state index in [9.17, 15) is 4.79 Å². The van der Waals surface area contributed by atoms with Crippen LogP contribution in [0.1, 0.15) is 53.4 Å². The molecule has 0 aromatic heterocycles. The van der Waals surface area contributed by atoms with Crippen LogP contribution in [0, 0.1) is 5.41 Å². The average molecular weight is 227 g/mol. The average Bonchev–Trinajstić information content (AvgIpc) is 2.45. The zero-order valence-electron chi connectivity index (χ0n) is 11.0. The molecule has 1 N–H and O–H groups in total. The third-order valence-electron chi connectivity index (χ3n) is 3.88. The molecular formula is C13H25NO2. The number of hydrogen-bond acceptors (Lipinski definition) is 2. The van der Waals surface area contributed by atoms with E-state index in [1.165, 1.54) is 19.4 Å². The van der Waals surface area contributed by atoms with Gasteiger partial charge in [0, 0.05) is 5.54 Å². The molecule has 0 spiro atoms. The van der Waals surface area contributed by atoms with Crippen molar-refractivity contribution in [2.45, 2.75) is 58.9 Å².